The quantitative estimate of drug-likeness (QED) is 0.334. The smallest absolute Gasteiger partial charge is 0.119 e. The molecule has 0 atom stereocenters. The molecule has 29 heavy (non-hydrogen) atoms. The van der Waals surface area contributed by atoms with Crippen LogP contribution in [0, 0.1) is 0 Å². The van der Waals surface area contributed by atoms with Crippen LogP contribution in [0.3, 0.4) is 0 Å². The summed E-state index contributed by atoms with van der Waals surface area (Å²) in [5.74, 6) is 0.830. The fourth-order valence-electron chi connectivity index (χ4n) is 3.78. The van der Waals surface area contributed by atoms with Crippen LogP contribution in [-0.2, 0) is 0 Å². The lowest BCUT2D eigenvalue weighted by Crippen LogP contribution is -1.98. The van der Waals surface area contributed by atoms with Gasteiger partial charge in [-0.15, -0.1) is 12.6 Å². The maximum Gasteiger partial charge on any atom is 0.119 e. The molecule has 4 aromatic rings. The van der Waals surface area contributed by atoms with E-state index in [2.05, 4.69) is 67.2 Å². The summed E-state index contributed by atoms with van der Waals surface area (Å²) in [6.45, 7) is 0. The van der Waals surface area contributed by atoms with Crippen LogP contribution in [0.25, 0.3) is 22.3 Å². The summed E-state index contributed by atoms with van der Waals surface area (Å²) in [6.07, 6.45) is 0. The second-order valence-corrected chi connectivity index (χ2v) is 7.53. The van der Waals surface area contributed by atoms with E-state index >= 15 is 0 Å². The third kappa shape index (κ3) is 3.24. The van der Waals surface area contributed by atoms with Crippen LogP contribution in [0.4, 0.5) is 5.69 Å². The van der Waals surface area contributed by atoms with Gasteiger partial charge >= 0.3 is 0 Å². The Balaban J connectivity index is 1.66. The van der Waals surface area contributed by atoms with Crippen molar-refractivity contribution in [1.82, 2.24) is 0 Å². The average Bonchev–Trinajstić information content (AvgIpc) is 3.08. The second-order valence-electron chi connectivity index (χ2n) is 7.01. The molecule has 5 rings (SSSR count). The molecule has 0 fully saturated rings. The molecule has 0 bridgehead atoms. The molecular formula is C26H19NOS. The number of hydrogen-bond donors (Lipinski definition) is 1. The van der Waals surface area contributed by atoms with Gasteiger partial charge in [0, 0.05) is 16.0 Å². The van der Waals surface area contributed by atoms with Crippen molar-refractivity contribution in [2.45, 2.75) is 4.90 Å². The third-order valence-corrected chi connectivity index (χ3v) is 5.56. The minimum Gasteiger partial charge on any atom is -0.497 e. The van der Waals surface area contributed by atoms with E-state index in [1.165, 1.54) is 27.8 Å². The number of hydrogen-bond acceptors (Lipinski definition) is 3. The lowest BCUT2D eigenvalue weighted by Gasteiger charge is -2.07. The normalized spacial score (nSPS) is 13.2. The van der Waals surface area contributed by atoms with E-state index in [1.807, 2.05) is 36.4 Å². The molecule has 0 saturated heterocycles. The zero-order chi connectivity index (χ0) is 19.8. The predicted molar refractivity (Wildman–Crippen MR) is 123 cm³/mol. The van der Waals surface area contributed by atoms with Crippen molar-refractivity contribution in [3.63, 3.8) is 0 Å². The van der Waals surface area contributed by atoms with E-state index in [4.69, 9.17) is 9.73 Å². The first-order valence-corrected chi connectivity index (χ1v) is 9.94. The lowest BCUT2D eigenvalue weighted by atomic mass is 9.99. The van der Waals surface area contributed by atoms with Gasteiger partial charge in [-0.25, -0.2) is 4.99 Å². The van der Waals surface area contributed by atoms with Gasteiger partial charge < -0.3 is 4.74 Å². The summed E-state index contributed by atoms with van der Waals surface area (Å²) >= 11 is 4.40. The van der Waals surface area contributed by atoms with Gasteiger partial charge in [-0.05, 0) is 64.7 Å². The van der Waals surface area contributed by atoms with Crippen molar-refractivity contribution in [1.29, 1.82) is 0 Å². The van der Waals surface area contributed by atoms with E-state index in [0.29, 0.717) is 0 Å². The van der Waals surface area contributed by atoms with Gasteiger partial charge in [-0.1, -0.05) is 48.5 Å². The fourth-order valence-corrected chi connectivity index (χ4v) is 3.93. The van der Waals surface area contributed by atoms with Crippen molar-refractivity contribution < 1.29 is 4.74 Å². The molecule has 0 heterocycles. The molecule has 0 aromatic heterocycles. The van der Waals surface area contributed by atoms with Gasteiger partial charge in [0.25, 0.3) is 0 Å². The standard InChI is InChI=1S/C26H19NOS/c1-28-20-11-9-19(10-12-20)27-26-24-5-3-2-4-22(24)23-15-8-18(16-25(23)26)17-6-13-21(29)14-7-17/h2-16,29H,1H3. The van der Waals surface area contributed by atoms with Crippen LogP contribution >= 0.6 is 12.6 Å². The summed E-state index contributed by atoms with van der Waals surface area (Å²) in [4.78, 5) is 5.98. The molecule has 1 aliphatic rings. The predicted octanol–water partition coefficient (Wildman–Crippen LogP) is 6.80. The molecule has 140 valence electrons. The van der Waals surface area contributed by atoms with E-state index < -0.39 is 0 Å². The number of benzene rings is 4. The summed E-state index contributed by atoms with van der Waals surface area (Å²) in [5, 5.41) is 0. The monoisotopic (exact) mass is 393 g/mol. The SMILES string of the molecule is COc1ccc(N=C2c3ccccc3-c3ccc(-c4ccc(S)cc4)cc32)cc1. The fraction of sp³-hybridized carbons (Fsp3) is 0.0385. The summed E-state index contributed by atoms with van der Waals surface area (Å²) < 4.78 is 5.27. The first-order chi connectivity index (χ1) is 14.2. The molecule has 0 unspecified atom stereocenters. The molecular weight excluding hydrogens is 374 g/mol. The van der Waals surface area contributed by atoms with Crippen LogP contribution in [0.5, 0.6) is 5.75 Å². The van der Waals surface area contributed by atoms with Crippen LogP contribution in [-0.4, -0.2) is 12.8 Å². The Labute approximate surface area is 175 Å². The van der Waals surface area contributed by atoms with Crippen molar-refractivity contribution in [3.8, 4) is 28.0 Å². The number of nitrogens with zero attached hydrogens (tertiary/aromatic N) is 1. The first-order valence-electron chi connectivity index (χ1n) is 9.49. The van der Waals surface area contributed by atoms with E-state index in [0.717, 1.165) is 27.6 Å². The van der Waals surface area contributed by atoms with Crippen LogP contribution in [0.1, 0.15) is 11.1 Å². The average molecular weight is 394 g/mol. The molecule has 0 spiro atoms. The van der Waals surface area contributed by atoms with Gasteiger partial charge in [-0.2, -0.15) is 0 Å². The number of rotatable bonds is 3. The van der Waals surface area contributed by atoms with Crippen molar-refractivity contribution in [2.24, 2.45) is 4.99 Å². The molecule has 0 aliphatic heterocycles. The van der Waals surface area contributed by atoms with E-state index in [-0.39, 0.29) is 0 Å². The number of thiol groups is 1. The first kappa shape index (κ1) is 17.8. The molecule has 2 nitrogen and oxygen atoms in total. The molecule has 3 heteroatoms. The Morgan fingerprint density at radius 2 is 1.31 bits per heavy atom. The van der Waals surface area contributed by atoms with Crippen LogP contribution in [0.15, 0.2) is 101 Å². The third-order valence-electron chi connectivity index (χ3n) is 5.26. The second kappa shape index (κ2) is 7.26. The summed E-state index contributed by atoms with van der Waals surface area (Å²) in [5.41, 5.74) is 9.05. The number of methoxy groups -OCH3 is 1. The highest BCUT2D eigenvalue weighted by atomic mass is 32.1. The van der Waals surface area contributed by atoms with Crippen molar-refractivity contribution in [3.05, 3.63) is 102 Å². The Kier molecular flexibility index (Phi) is 4.45. The summed E-state index contributed by atoms with van der Waals surface area (Å²) in [7, 11) is 1.67. The molecule has 1 aliphatic carbocycles. The number of fused-ring (bicyclic) bond motifs is 3. The summed E-state index contributed by atoms with van der Waals surface area (Å²) in [6, 6.07) is 31.2. The van der Waals surface area contributed by atoms with Gasteiger partial charge in [0.05, 0.1) is 18.5 Å². The van der Waals surface area contributed by atoms with E-state index in [9.17, 15) is 0 Å². The number of ether oxygens (including phenoxy) is 1. The maximum atomic E-state index is 5.27. The Bertz CT molecular complexity index is 1220. The highest BCUT2D eigenvalue weighted by Gasteiger charge is 2.25. The Morgan fingerprint density at radius 1 is 0.655 bits per heavy atom. The number of aliphatic imine (C=N–C) groups is 1. The molecule has 0 radical (unpaired) electrons. The van der Waals surface area contributed by atoms with Gasteiger partial charge in [0.1, 0.15) is 5.75 Å². The van der Waals surface area contributed by atoms with Crippen molar-refractivity contribution in [2.75, 3.05) is 7.11 Å². The largest absolute Gasteiger partial charge is 0.497 e. The zero-order valence-electron chi connectivity index (χ0n) is 16.0. The molecule has 0 saturated carbocycles. The topological polar surface area (TPSA) is 21.6 Å². The highest BCUT2D eigenvalue weighted by Crippen LogP contribution is 2.40. The molecule has 0 amide bonds. The van der Waals surface area contributed by atoms with Crippen LogP contribution < -0.4 is 4.74 Å². The van der Waals surface area contributed by atoms with Gasteiger partial charge in [-0.3, -0.25) is 0 Å². The van der Waals surface area contributed by atoms with Gasteiger partial charge in [0.15, 0.2) is 0 Å². The van der Waals surface area contributed by atoms with Gasteiger partial charge in [0.2, 0.25) is 0 Å². The zero-order valence-corrected chi connectivity index (χ0v) is 16.9. The lowest BCUT2D eigenvalue weighted by molar-refractivity contribution is 0.415. The van der Waals surface area contributed by atoms with E-state index in [1.54, 1.807) is 7.11 Å². The molecule has 4 aromatic carbocycles. The minimum absolute atomic E-state index is 0.830. The highest BCUT2D eigenvalue weighted by molar-refractivity contribution is 7.80. The maximum absolute atomic E-state index is 5.27. The minimum atomic E-state index is 0.830. The molecule has 0 N–H and O–H groups in total. The Hall–Kier alpha value is -3.30. The van der Waals surface area contributed by atoms with Crippen LogP contribution in [0.2, 0.25) is 0 Å². The Morgan fingerprint density at radius 3 is 2.03 bits per heavy atom. The van der Waals surface area contributed by atoms with Crippen molar-refractivity contribution >= 4 is 24.0 Å².